The molecule has 1 aromatic carbocycles. The number of pyridine rings is 1. The first-order valence-corrected chi connectivity index (χ1v) is 10.7. The minimum Gasteiger partial charge on any atom is -0.314 e. The second-order valence-electron chi connectivity index (χ2n) is 7.87. The molecule has 3 aromatic rings. The predicted molar refractivity (Wildman–Crippen MR) is 121 cm³/mol. The van der Waals surface area contributed by atoms with Crippen LogP contribution in [0.4, 0.5) is 19.0 Å². The van der Waals surface area contributed by atoms with E-state index in [9.17, 15) is 18.0 Å². The SMILES string of the molecule is Cn1nccc1C#Cc1ccnc(NC(=O)c2ccc(CN3CCNCC3)c(C(F)(F)F)c2)c1. The van der Waals surface area contributed by atoms with Crippen LogP contribution < -0.4 is 10.6 Å². The van der Waals surface area contributed by atoms with Gasteiger partial charge in [0.25, 0.3) is 5.91 Å². The number of carbonyl (C=O) groups is 1. The molecule has 1 aliphatic heterocycles. The summed E-state index contributed by atoms with van der Waals surface area (Å²) < 4.78 is 42.9. The highest BCUT2D eigenvalue weighted by atomic mass is 19.4. The fourth-order valence-electron chi connectivity index (χ4n) is 3.63. The van der Waals surface area contributed by atoms with Crippen LogP contribution in [0.3, 0.4) is 0 Å². The quantitative estimate of drug-likeness (QED) is 0.576. The Morgan fingerprint density at radius 3 is 2.62 bits per heavy atom. The van der Waals surface area contributed by atoms with Crippen molar-refractivity contribution in [2.24, 2.45) is 7.05 Å². The summed E-state index contributed by atoms with van der Waals surface area (Å²) in [5.74, 6) is 5.44. The highest BCUT2D eigenvalue weighted by Crippen LogP contribution is 2.33. The van der Waals surface area contributed by atoms with Crippen LogP contribution in [-0.4, -0.2) is 51.8 Å². The third kappa shape index (κ3) is 5.81. The number of piperazine rings is 1. The Labute approximate surface area is 195 Å². The maximum atomic E-state index is 13.8. The molecule has 176 valence electrons. The van der Waals surface area contributed by atoms with Crippen LogP contribution in [0.2, 0.25) is 0 Å². The number of benzene rings is 1. The number of amides is 1. The smallest absolute Gasteiger partial charge is 0.314 e. The molecule has 7 nitrogen and oxygen atoms in total. The van der Waals surface area contributed by atoms with Crippen LogP contribution in [0, 0.1) is 11.8 Å². The third-order valence-electron chi connectivity index (χ3n) is 5.44. The van der Waals surface area contributed by atoms with Gasteiger partial charge >= 0.3 is 6.18 Å². The summed E-state index contributed by atoms with van der Waals surface area (Å²) in [6.07, 6.45) is -1.47. The molecule has 2 aromatic heterocycles. The zero-order chi connectivity index (χ0) is 24.1. The summed E-state index contributed by atoms with van der Waals surface area (Å²) in [6, 6.07) is 8.69. The Morgan fingerprint density at radius 1 is 1.12 bits per heavy atom. The molecule has 4 rings (SSSR count). The number of carbonyl (C=O) groups excluding carboxylic acids is 1. The van der Waals surface area contributed by atoms with Gasteiger partial charge in [-0.05, 0) is 41.8 Å². The van der Waals surface area contributed by atoms with E-state index in [1.54, 1.807) is 36.1 Å². The molecule has 0 atom stereocenters. The van der Waals surface area contributed by atoms with Gasteiger partial charge in [0.1, 0.15) is 11.5 Å². The van der Waals surface area contributed by atoms with Gasteiger partial charge in [0.2, 0.25) is 0 Å². The molecule has 1 fully saturated rings. The number of anilines is 1. The second-order valence-corrected chi connectivity index (χ2v) is 7.87. The molecule has 0 aliphatic carbocycles. The molecule has 3 heterocycles. The first-order valence-electron chi connectivity index (χ1n) is 10.7. The zero-order valence-electron chi connectivity index (χ0n) is 18.5. The molecule has 2 N–H and O–H groups in total. The van der Waals surface area contributed by atoms with Gasteiger partial charge in [-0.1, -0.05) is 12.0 Å². The lowest BCUT2D eigenvalue weighted by molar-refractivity contribution is -0.138. The van der Waals surface area contributed by atoms with Crippen molar-refractivity contribution in [2.75, 3.05) is 31.5 Å². The Kier molecular flexibility index (Phi) is 6.95. The van der Waals surface area contributed by atoms with Gasteiger partial charge in [0.15, 0.2) is 0 Å². The van der Waals surface area contributed by atoms with E-state index in [-0.39, 0.29) is 23.5 Å². The highest BCUT2D eigenvalue weighted by molar-refractivity contribution is 6.04. The van der Waals surface area contributed by atoms with Crippen LogP contribution in [-0.2, 0) is 19.8 Å². The monoisotopic (exact) mass is 468 g/mol. The molecule has 0 saturated carbocycles. The van der Waals surface area contributed by atoms with E-state index in [0.717, 1.165) is 19.2 Å². The summed E-state index contributed by atoms with van der Waals surface area (Å²) in [6.45, 7) is 2.99. The number of rotatable bonds is 4. The normalized spacial score (nSPS) is 14.4. The lowest BCUT2D eigenvalue weighted by Gasteiger charge is -2.28. The fraction of sp³-hybridized carbons (Fsp3) is 0.292. The van der Waals surface area contributed by atoms with E-state index in [4.69, 9.17) is 0 Å². The molecule has 10 heteroatoms. The first-order chi connectivity index (χ1) is 16.3. The number of halogens is 3. The van der Waals surface area contributed by atoms with Gasteiger partial charge < -0.3 is 10.6 Å². The van der Waals surface area contributed by atoms with Crippen molar-refractivity contribution >= 4 is 11.7 Å². The van der Waals surface area contributed by atoms with Gasteiger partial charge in [0, 0.05) is 57.1 Å². The molecule has 1 aliphatic rings. The molecule has 0 unspecified atom stereocenters. The highest BCUT2D eigenvalue weighted by Gasteiger charge is 2.34. The van der Waals surface area contributed by atoms with Gasteiger partial charge in [-0.2, -0.15) is 18.3 Å². The largest absolute Gasteiger partial charge is 0.416 e. The Balaban J connectivity index is 1.51. The Hall–Kier alpha value is -3.68. The summed E-state index contributed by atoms with van der Waals surface area (Å²) >= 11 is 0. The number of hydrogen-bond acceptors (Lipinski definition) is 5. The van der Waals surface area contributed by atoms with Crippen LogP contribution in [0.15, 0.2) is 48.8 Å². The van der Waals surface area contributed by atoms with Crippen molar-refractivity contribution in [1.82, 2.24) is 25.0 Å². The molecular formula is C24H23F3N6O. The molecular weight excluding hydrogens is 445 g/mol. The fourth-order valence-corrected chi connectivity index (χ4v) is 3.63. The van der Waals surface area contributed by atoms with E-state index >= 15 is 0 Å². The van der Waals surface area contributed by atoms with Gasteiger partial charge in [-0.15, -0.1) is 0 Å². The lowest BCUT2D eigenvalue weighted by Crippen LogP contribution is -2.43. The van der Waals surface area contributed by atoms with Crippen LogP contribution in [0.25, 0.3) is 0 Å². The predicted octanol–water partition coefficient (Wildman–Crippen LogP) is 2.89. The van der Waals surface area contributed by atoms with Gasteiger partial charge in [-0.25, -0.2) is 4.98 Å². The summed E-state index contributed by atoms with van der Waals surface area (Å²) in [4.78, 5) is 18.8. The first kappa shape index (κ1) is 23.5. The second kappa shape index (κ2) is 10.1. The number of hydrogen-bond donors (Lipinski definition) is 2. The van der Waals surface area contributed by atoms with Crippen molar-refractivity contribution in [2.45, 2.75) is 12.7 Å². The maximum absolute atomic E-state index is 13.8. The number of alkyl halides is 3. The van der Waals surface area contributed by atoms with E-state index in [1.165, 1.54) is 18.3 Å². The van der Waals surface area contributed by atoms with Crippen molar-refractivity contribution in [3.63, 3.8) is 0 Å². The molecule has 1 amide bonds. The van der Waals surface area contributed by atoms with Crippen molar-refractivity contribution in [3.8, 4) is 11.8 Å². The number of nitrogens with zero attached hydrogens (tertiary/aromatic N) is 4. The topological polar surface area (TPSA) is 75.1 Å². The van der Waals surface area contributed by atoms with Crippen molar-refractivity contribution < 1.29 is 18.0 Å². The number of aromatic nitrogens is 3. The molecule has 0 radical (unpaired) electrons. The van der Waals surface area contributed by atoms with Crippen molar-refractivity contribution in [1.29, 1.82) is 0 Å². The summed E-state index contributed by atoms with van der Waals surface area (Å²) in [5, 5.41) is 9.78. The summed E-state index contributed by atoms with van der Waals surface area (Å²) in [7, 11) is 1.77. The van der Waals surface area contributed by atoms with Gasteiger partial charge in [-0.3, -0.25) is 14.4 Å². The van der Waals surface area contributed by atoms with Gasteiger partial charge in [0.05, 0.1) is 11.8 Å². The molecule has 0 bridgehead atoms. The van der Waals surface area contributed by atoms with Crippen LogP contribution >= 0.6 is 0 Å². The van der Waals surface area contributed by atoms with Crippen LogP contribution in [0.1, 0.15) is 32.7 Å². The Morgan fingerprint density at radius 2 is 1.91 bits per heavy atom. The average Bonchev–Trinajstić information content (AvgIpc) is 3.23. The van der Waals surface area contributed by atoms with E-state index in [2.05, 4.69) is 32.6 Å². The van der Waals surface area contributed by atoms with E-state index in [1.807, 2.05) is 4.90 Å². The van der Waals surface area contributed by atoms with Crippen molar-refractivity contribution in [3.05, 3.63) is 76.7 Å². The van der Waals surface area contributed by atoms with E-state index < -0.39 is 17.6 Å². The molecule has 1 saturated heterocycles. The average molecular weight is 468 g/mol. The maximum Gasteiger partial charge on any atom is 0.416 e. The minimum atomic E-state index is -4.57. The van der Waals surface area contributed by atoms with E-state index in [0.29, 0.717) is 24.3 Å². The molecule has 34 heavy (non-hydrogen) atoms. The third-order valence-corrected chi connectivity index (χ3v) is 5.44. The number of aryl methyl sites for hydroxylation is 1. The van der Waals surface area contributed by atoms with Crippen LogP contribution in [0.5, 0.6) is 0 Å². The zero-order valence-corrected chi connectivity index (χ0v) is 18.5. The molecule has 0 spiro atoms. The lowest BCUT2D eigenvalue weighted by atomic mass is 10.0. The standard InChI is InChI=1S/C24H23F3N6O/c1-32-20(7-9-30-32)5-2-17-6-8-29-22(14-17)31-23(34)18-3-4-19(21(15-18)24(25,26)27)16-33-12-10-28-11-13-33/h3-4,6-9,14-15,28H,10-13,16H2,1H3,(H,29,31,34). The Bertz CT molecular complexity index is 1240. The minimum absolute atomic E-state index is 0.0930. The summed E-state index contributed by atoms with van der Waals surface area (Å²) in [5.41, 5.74) is 0.556. The number of nitrogens with one attached hydrogen (secondary N) is 2.